The van der Waals surface area contributed by atoms with E-state index >= 15 is 0 Å². The van der Waals surface area contributed by atoms with Crippen LogP contribution in [0.2, 0.25) is 0 Å². The molecule has 0 aliphatic carbocycles. The Hall–Kier alpha value is -2.64. The molecule has 8 nitrogen and oxygen atoms in total. The zero-order valence-corrected chi connectivity index (χ0v) is 15.8. The van der Waals surface area contributed by atoms with Gasteiger partial charge in [-0.1, -0.05) is 6.08 Å². The monoisotopic (exact) mass is 373 g/mol. The first-order valence-electron chi connectivity index (χ1n) is 9.42. The van der Waals surface area contributed by atoms with Gasteiger partial charge in [-0.25, -0.2) is 4.68 Å². The van der Waals surface area contributed by atoms with Gasteiger partial charge in [-0.2, -0.15) is 5.10 Å². The minimum Gasteiger partial charge on any atom is -0.370 e. The van der Waals surface area contributed by atoms with Gasteiger partial charge in [0.1, 0.15) is 0 Å². The third kappa shape index (κ3) is 4.56. The highest BCUT2D eigenvalue weighted by molar-refractivity contribution is 5.89. The van der Waals surface area contributed by atoms with Crippen molar-refractivity contribution < 1.29 is 9.59 Å². The fourth-order valence-electron chi connectivity index (χ4n) is 3.70. The van der Waals surface area contributed by atoms with Crippen molar-refractivity contribution in [3.8, 4) is 0 Å². The summed E-state index contributed by atoms with van der Waals surface area (Å²) in [6, 6.07) is 1.61. The third-order valence-electron chi connectivity index (χ3n) is 5.43. The average Bonchev–Trinajstić information content (AvgIpc) is 3.03. The zero-order valence-electron chi connectivity index (χ0n) is 15.8. The van der Waals surface area contributed by atoms with Crippen LogP contribution >= 0.6 is 0 Å². The second-order valence-corrected chi connectivity index (χ2v) is 7.34. The molecule has 1 unspecified atom stereocenters. The topological polar surface area (TPSA) is 87.5 Å². The summed E-state index contributed by atoms with van der Waals surface area (Å²) in [6.07, 6.45) is 5.58. The van der Waals surface area contributed by atoms with Gasteiger partial charge in [0.15, 0.2) is 0 Å². The molecule has 2 aliphatic heterocycles. The number of aryl methyl sites for hydroxylation is 1. The van der Waals surface area contributed by atoms with Gasteiger partial charge in [0.2, 0.25) is 11.8 Å². The Morgan fingerprint density at radius 3 is 2.78 bits per heavy atom. The number of anilines is 1. The number of likely N-dealkylation sites (tertiary alicyclic amines) is 1. The number of carbonyl (C=O) groups excluding carboxylic acids is 2. The van der Waals surface area contributed by atoms with E-state index < -0.39 is 0 Å². The number of rotatable bonds is 6. The molecule has 1 aromatic rings. The molecule has 146 valence electrons. The fourth-order valence-corrected chi connectivity index (χ4v) is 3.70. The number of aromatic nitrogens is 2. The summed E-state index contributed by atoms with van der Waals surface area (Å²) in [4.78, 5) is 39.8. The lowest BCUT2D eigenvalue weighted by molar-refractivity contribution is -0.128. The first-order valence-corrected chi connectivity index (χ1v) is 9.42. The van der Waals surface area contributed by atoms with E-state index in [0.29, 0.717) is 25.6 Å². The zero-order chi connectivity index (χ0) is 19.4. The molecule has 0 bridgehead atoms. The molecule has 27 heavy (non-hydrogen) atoms. The van der Waals surface area contributed by atoms with Crippen LogP contribution in [0.3, 0.4) is 0 Å². The van der Waals surface area contributed by atoms with Crippen molar-refractivity contribution in [2.24, 2.45) is 18.9 Å². The SMILES string of the molecule is C=CCN1CC(C(=O)NCC2CCN(c3cnn(C)c(=O)c3)CC2)CC1=O. The van der Waals surface area contributed by atoms with Crippen molar-refractivity contribution in [1.29, 1.82) is 0 Å². The molecular formula is C19H27N5O3. The summed E-state index contributed by atoms with van der Waals surface area (Å²) in [5.41, 5.74) is 0.742. The molecule has 2 amide bonds. The smallest absolute Gasteiger partial charge is 0.268 e. The van der Waals surface area contributed by atoms with E-state index in [1.165, 1.54) is 4.68 Å². The Morgan fingerprint density at radius 2 is 2.11 bits per heavy atom. The number of hydrogen-bond donors (Lipinski definition) is 1. The lowest BCUT2D eigenvalue weighted by Gasteiger charge is -2.33. The van der Waals surface area contributed by atoms with Crippen molar-refractivity contribution in [2.75, 3.05) is 37.6 Å². The minimum atomic E-state index is -0.260. The van der Waals surface area contributed by atoms with E-state index in [2.05, 4.69) is 21.9 Å². The second kappa shape index (κ2) is 8.37. The summed E-state index contributed by atoms with van der Waals surface area (Å²) in [5, 5.41) is 7.09. The van der Waals surface area contributed by atoms with Crippen LogP contribution in [0.15, 0.2) is 29.7 Å². The Labute approximate surface area is 158 Å². The van der Waals surface area contributed by atoms with Crippen molar-refractivity contribution in [1.82, 2.24) is 20.0 Å². The normalized spacial score (nSPS) is 20.8. The minimum absolute atomic E-state index is 0.0194. The van der Waals surface area contributed by atoms with Crippen LogP contribution in [0.25, 0.3) is 0 Å². The van der Waals surface area contributed by atoms with Gasteiger partial charge in [0, 0.05) is 52.3 Å². The Kier molecular flexibility index (Phi) is 5.93. The second-order valence-electron chi connectivity index (χ2n) is 7.34. The van der Waals surface area contributed by atoms with E-state index in [0.717, 1.165) is 31.6 Å². The number of carbonyl (C=O) groups is 2. The lowest BCUT2D eigenvalue weighted by Crippen LogP contribution is -2.41. The van der Waals surface area contributed by atoms with Crippen LogP contribution in [0.5, 0.6) is 0 Å². The van der Waals surface area contributed by atoms with E-state index in [1.54, 1.807) is 30.3 Å². The maximum Gasteiger partial charge on any atom is 0.268 e. The van der Waals surface area contributed by atoms with Gasteiger partial charge < -0.3 is 15.1 Å². The van der Waals surface area contributed by atoms with E-state index in [1.807, 2.05) is 0 Å². The highest BCUT2D eigenvalue weighted by Crippen LogP contribution is 2.22. The molecule has 2 saturated heterocycles. The summed E-state index contributed by atoms with van der Waals surface area (Å²) in [6.45, 7) is 6.93. The third-order valence-corrected chi connectivity index (χ3v) is 5.43. The molecule has 2 aliphatic rings. The molecule has 1 aromatic heterocycles. The van der Waals surface area contributed by atoms with Crippen LogP contribution in [0, 0.1) is 11.8 Å². The van der Waals surface area contributed by atoms with Crippen LogP contribution < -0.4 is 15.8 Å². The molecule has 0 radical (unpaired) electrons. The predicted octanol–water partition coefficient (Wildman–Crippen LogP) is 0.147. The number of amides is 2. The fraction of sp³-hybridized carbons (Fsp3) is 0.579. The van der Waals surface area contributed by atoms with Crippen molar-refractivity contribution >= 4 is 17.5 Å². The molecule has 3 heterocycles. The number of hydrogen-bond acceptors (Lipinski definition) is 5. The molecule has 1 atom stereocenters. The molecule has 2 fully saturated rings. The number of nitrogens with one attached hydrogen (secondary N) is 1. The predicted molar refractivity (Wildman–Crippen MR) is 102 cm³/mol. The van der Waals surface area contributed by atoms with E-state index in [4.69, 9.17) is 0 Å². The summed E-state index contributed by atoms with van der Waals surface area (Å²) in [7, 11) is 1.63. The van der Waals surface area contributed by atoms with Crippen LogP contribution in [-0.2, 0) is 16.6 Å². The average molecular weight is 373 g/mol. The Balaban J connectivity index is 1.43. The molecule has 1 N–H and O–H groups in total. The van der Waals surface area contributed by atoms with Gasteiger partial charge >= 0.3 is 0 Å². The van der Waals surface area contributed by atoms with E-state index in [9.17, 15) is 14.4 Å². The largest absolute Gasteiger partial charge is 0.370 e. The van der Waals surface area contributed by atoms with Crippen molar-refractivity contribution in [3.05, 3.63) is 35.3 Å². The molecule has 0 spiro atoms. The lowest BCUT2D eigenvalue weighted by atomic mass is 9.96. The first-order chi connectivity index (χ1) is 13.0. The molecule has 0 saturated carbocycles. The molecular weight excluding hydrogens is 346 g/mol. The quantitative estimate of drug-likeness (QED) is 0.717. The first kappa shape index (κ1) is 19.1. The number of nitrogens with zero attached hydrogens (tertiary/aromatic N) is 4. The molecule has 0 aromatic carbocycles. The maximum absolute atomic E-state index is 12.4. The highest BCUT2D eigenvalue weighted by atomic mass is 16.2. The molecule has 3 rings (SSSR count). The van der Waals surface area contributed by atoms with E-state index in [-0.39, 0.29) is 29.7 Å². The Morgan fingerprint density at radius 1 is 1.37 bits per heavy atom. The highest BCUT2D eigenvalue weighted by Gasteiger charge is 2.33. The van der Waals surface area contributed by atoms with Crippen LogP contribution in [0.4, 0.5) is 5.69 Å². The van der Waals surface area contributed by atoms with Crippen molar-refractivity contribution in [2.45, 2.75) is 19.3 Å². The van der Waals surface area contributed by atoms with Gasteiger partial charge in [-0.3, -0.25) is 14.4 Å². The van der Waals surface area contributed by atoms with Gasteiger partial charge in [-0.15, -0.1) is 6.58 Å². The standard InChI is InChI=1S/C19H27N5O3/c1-3-6-24-13-15(9-18(24)26)19(27)20-11-14-4-7-23(8-5-14)16-10-17(25)22(2)21-12-16/h3,10,12,14-15H,1,4-9,11,13H2,2H3,(H,20,27). The molecule has 8 heteroatoms. The van der Waals surface area contributed by atoms with Crippen LogP contribution in [-0.4, -0.2) is 59.2 Å². The number of piperidine rings is 1. The van der Waals surface area contributed by atoms with Crippen LogP contribution in [0.1, 0.15) is 19.3 Å². The summed E-state index contributed by atoms with van der Waals surface area (Å²) < 4.78 is 1.32. The summed E-state index contributed by atoms with van der Waals surface area (Å²) >= 11 is 0. The van der Waals surface area contributed by atoms with Gasteiger partial charge in [0.25, 0.3) is 5.56 Å². The maximum atomic E-state index is 12.4. The van der Waals surface area contributed by atoms with Crippen molar-refractivity contribution in [3.63, 3.8) is 0 Å². The van der Waals surface area contributed by atoms with Gasteiger partial charge in [0.05, 0.1) is 17.8 Å². The van der Waals surface area contributed by atoms with Gasteiger partial charge in [-0.05, 0) is 18.8 Å². The Bertz CT molecular complexity index is 767. The summed E-state index contributed by atoms with van der Waals surface area (Å²) in [5.74, 6) is 0.134.